The summed E-state index contributed by atoms with van der Waals surface area (Å²) in [5.74, 6) is -0.579. The first-order valence-corrected chi connectivity index (χ1v) is 9.45. The van der Waals surface area contributed by atoms with Crippen LogP contribution >= 0.6 is 0 Å². The molecule has 0 saturated heterocycles. The number of amides is 2. The van der Waals surface area contributed by atoms with Crippen LogP contribution < -0.4 is 15.0 Å². The van der Waals surface area contributed by atoms with Crippen LogP contribution in [-0.4, -0.2) is 37.0 Å². The van der Waals surface area contributed by atoms with Gasteiger partial charge in [0, 0.05) is 12.2 Å². The van der Waals surface area contributed by atoms with Crippen LogP contribution in [0.15, 0.2) is 42.5 Å². The number of ether oxygens (including phenoxy) is 2. The molecule has 1 atom stereocenters. The second-order valence-electron chi connectivity index (χ2n) is 6.99. The van der Waals surface area contributed by atoms with E-state index in [-0.39, 0.29) is 25.5 Å². The minimum absolute atomic E-state index is 0.0266. The second kappa shape index (κ2) is 8.77. The van der Waals surface area contributed by atoms with Gasteiger partial charge in [0.15, 0.2) is 12.7 Å². The summed E-state index contributed by atoms with van der Waals surface area (Å²) in [7, 11) is 0. The molecule has 7 heteroatoms. The van der Waals surface area contributed by atoms with Gasteiger partial charge in [-0.15, -0.1) is 0 Å². The largest absolute Gasteiger partial charge is 0.482 e. The summed E-state index contributed by atoms with van der Waals surface area (Å²) in [5, 5.41) is 2.78. The molecule has 0 radical (unpaired) electrons. The van der Waals surface area contributed by atoms with Gasteiger partial charge in [0.2, 0.25) is 0 Å². The molecule has 1 aliphatic rings. The summed E-state index contributed by atoms with van der Waals surface area (Å²) in [6.45, 7) is 5.43. The zero-order chi connectivity index (χ0) is 21.0. The Bertz CT molecular complexity index is 941. The van der Waals surface area contributed by atoms with Crippen molar-refractivity contribution in [2.45, 2.75) is 33.3 Å². The molecule has 0 bridgehead atoms. The van der Waals surface area contributed by atoms with E-state index in [9.17, 15) is 14.4 Å². The van der Waals surface area contributed by atoms with Gasteiger partial charge >= 0.3 is 5.97 Å². The number of hydrogen-bond acceptors (Lipinski definition) is 5. The molecule has 1 N–H and O–H groups in total. The first-order valence-electron chi connectivity index (χ1n) is 9.45. The number of nitrogens with zero attached hydrogens (tertiary/aromatic N) is 1. The first-order chi connectivity index (χ1) is 13.8. The highest BCUT2D eigenvalue weighted by Crippen LogP contribution is 2.31. The molecule has 3 rings (SSSR count). The number of aryl methyl sites for hydroxylation is 2. The quantitative estimate of drug-likeness (QED) is 0.759. The van der Waals surface area contributed by atoms with Crippen LogP contribution in [0.4, 0.5) is 11.4 Å². The van der Waals surface area contributed by atoms with E-state index in [0.717, 1.165) is 11.1 Å². The van der Waals surface area contributed by atoms with Crippen LogP contribution in [0.5, 0.6) is 5.75 Å². The van der Waals surface area contributed by atoms with Gasteiger partial charge in [-0.25, -0.2) is 0 Å². The number of benzene rings is 2. The fourth-order valence-corrected chi connectivity index (χ4v) is 3.02. The topological polar surface area (TPSA) is 84.9 Å². The lowest BCUT2D eigenvalue weighted by Gasteiger charge is -2.29. The molecule has 0 unspecified atom stereocenters. The predicted molar refractivity (Wildman–Crippen MR) is 109 cm³/mol. The summed E-state index contributed by atoms with van der Waals surface area (Å²) in [4.78, 5) is 38.2. The maximum atomic E-state index is 12.4. The molecule has 0 aromatic heterocycles. The number of hydrogen-bond donors (Lipinski definition) is 1. The fourth-order valence-electron chi connectivity index (χ4n) is 3.02. The van der Waals surface area contributed by atoms with Crippen molar-refractivity contribution >= 4 is 29.2 Å². The average molecular weight is 396 g/mol. The van der Waals surface area contributed by atoms with Crippen molar-refractivity contribution in [3.63, 3.8) is 0 Å². The Labute approximate surface area is 169 Å². The molecular weight excluding hydrogens is 372 g/mol. The van der Waals surface area contributed by atoms with E-state index >= 15 is 0 Å². The number of rotatable bonds is 6. The van der Waals surface area contributed by atoms with E-state index in [2.05, 4.69) is 5.32 Å². The van der Waals surface area contributed by atoms with Crippen LogP contribution in [0.2, 0.25) is 0 Å². The Kier molecular flexibility index (Phi) is 6.16. The van der Waals surface area contributed by atoms with Gasteiger partial charge in [0.25, 0.3) is 11.8 Å². The highest BCUT2D eigenvalue weighted by atomic mass is 16.5. The molecular formula is C22H24N2O5. The number of carbonyl (C=O) groups is 3. The standard InChI is InChI=1S/C22H24N2O5/c1-14-8-9-15(2)17(12-14)23-22(27)16(3)29-21(26)10-11-24-18-6-4-5-7-19(18)28-13-20(24)25/h4-9,12,16H,10-11,13H2,1-3H3,(H,23,27)/t16-/m0/s1. The molecule has 0 spiro atoms. The number of esters is 1. The van der Waals surface area contributed by atoms with E-state index in [1.165, 1.54) is 11.8 Å². The molecule has 0 fully saturated rings. The van der Waals surface area contributed by atoms with Crippen molar-refractivity contribution in [3.8, 4) is 5.75 Å². The highest BCUT2D eigenvalue weighted by molar-refractivity contribution is 5.98. The predicted octanol–water partition coefficient (Wildman–Crippen LogP) is 2.99. The van der Waals surface area contributed by atoms with Gasteiger partial charge in [0.05, 0.1) is 12.1 Å². The number of fused-ring (bicyclic) bond motifs is 1. The number of carbonyl (C=O) groups excluding carboxylic acids is 3. The van der Waals surface area contributed by atoms with Gasteiger partial charge in [-0.05, 0) is 50.1 Å². The van der Waals surface area contributed by atoms with Gasteiger partial charge in [-0.1, -0.05) is 24.3 Å². The zero-order valence-corrected chi connectivity index (χ0v) is 16.7. The molecule has 2 aromatic rings. The van der Waals surface area contributed by atoms with Crippen LogP contribution in [0.3, 0.4) is 0 Å². The Morgan fingerprint density at radius 3 is 2.76 bits per heavy atom. The normalized spacial score (nSPS) is 13.9. The number of anilines is 2. The molecule has 29 heavy (non-hydrogen) atoms. The third-order valence-corrected chi connectivity index (χ3v) is 4.68. The van der Waals surface area contributed by atoms with Crippen molar-refractivity contribution in [2.24, 2.45) is 0 Å². The zero-order valence-electron chi connectivity index (χ0n) is 16.7. The van der Waals surface area contributed by atoms with Gasteiger partial charge < -0.3 is 19.7 Å². The highest BCUT2D eigenvalue weighted by Gasteiger charge is 2.26. The van der Waals surface area contributed by atoms with Crippen molar-refractivity contribution in [2.75, 3.05) is 23.4 Å². The molecule has 152 valence electrons. The van der Waals surface area contributed by atoms with E-state index in [4.69, 9.17) is 9.47 Å². The van der Waals surface area contributed by atoms with Crippen molar-refractivity contribution in [1.82, 2.24) is 0 Å². The van der Waals surface area contributed by atoms with Crippen LogP contribution in [0.1, 0.15) is 24.5 Å². The van der Waals surface area contributed by atoms with Gasteiger partial charge in [-0.2, -0.15) is 0 Å². The van der Waals surface area contributed by atoms with E-state index < -0.39 is 18.0 Å². The maximum Gasteiger partial charge on any atom is 0.308 e. The summed E-state index contributed by atoms with van der Waals surface area (Å²) >= 11 is 0. The molecule has 0 saturated carbocycles. The molecule has 2 aromatic carbocycles. The Morgan fingerprint density at radius 2 is 1.97 bits per heavy atom. The Hall–Kier alpha value is -3.35. The minimum atomic E-state index is -0.949. The van der Waals surface area contributed by atoms with E-state index in [1.54, 1.807) is 18.2 Å². The van der Waals surface area contributed by atoms with Crippen LogP contribution in [0, 0.1) is 13.8 Å². The maximum absolute atomic E-state index is 12.4. The number of para-hydroxylation sites is 2. The van der Waals surface area contributed by atoms with Crippen molar-refractivity contribution in [3.05, 3.63) is 53.6 Å². The Balaban J connectivity index is 1.54. The molecule has 7 nitrogen and oxygen atoms in total. The SMILES string of the molecule is Cc1ccc(C)c(NC(=O)[C@H](C)OC(=O)CCN2C(=O)COc3ccccc32)c1. The lowest BCUT2D eigenvalue weighted by atomic mass is 10.1. The summed E-state index contributed by atoms with van der Waals surface area (Å²) < 4.78 is 10.6. The third kappa shape index (κ3) is 4.93. The lowest BCUT2D eigenvalue weighted by molar-refractivity contribution is -0.153. The van der Waals surface area contributed by atoms with Crippen molar-refractivity contribution < 1.29 is 23.9 Å². The molecule has 2 amide bonds. The second-order valence-corrected chi connectivity index (χ2v) is 6.99. The fraction of sp³-hybridized carbons (Fsp3) is 0.318. The van der Waals surface area contributed by atoms with E-state index in [0.29, 0.717) is 17.1 Å². The molecule has 1 heterocycles. The Morgan fingerprint density at radius 1 is 1.21 bits per heavy atom. The average Bonchev–Trinajstić information content (AvgIpc) is 2.69. The summed E-state index contributed by atoms with van der Waals surface area (Å²) in [5.41, 5.74) is 3.25. The smallest absolute Gasteiger partial charge is 0.308 e. The summed E-state index contributed by atoms with van der Waals surface area (Å²) in [6, 6.07) is 12.9. The van der Waals surface area contributed by atoms with Crippen LogP contribution in [-0.2, 0) is 19.1 Å². The number of nitrogens with one attached hydrogen (secondary N) is 1. The van der Waals surface area contributed by atoms with Gasteiger partial charge in [0.1, 0.15) is 5.75 Å². The first kappa shape index (κ1) is 20.4. The third-order valence-electron chi connectivity index (χ3n) is 4.68. The van der Waals surface area contributed by atoms with Crippen LogP contribution in [0.25, 0.3) is 0 Å². The molecule has 0 aliphatic carbocycles. The van der Waals surface area contributed by atoms with E-state index in [1.807, 2.05) is 38.1 Å². The van der Waals surface area contributed by atoms with Crippen molar-refractivity contribution in [1.29, 1.82) is 0 Å². The lowest BCUT2D eigenvalue weighted by Crippen LogP contribution is -2.40. The molecule has 1 aliphatic heterocycles. The minimum Gasteiger partial charge on any atom is -0.482 e. The summed E-state index contributed by atoms with van der Waals surface area (Å²) in [6.07, 6.45) is -0.976. The van der Waals surface area contributed by atoms with Gasteiger partial charge in [-0.3, -0.25) is 14.4 Å². The monoisotopic (exact) mass is 396 g/mol.